The molecule has 7 nitrogen and oxygen atoms in total. The minimum absolute atomic E-state index is 0.0617. The lowest BCUT2D eigenvalue weighted by molar-refractivity contribution is -0.116. The van der Waals surface area contributed by atoms with Gasteiger partial charge in [-0.25, -0.2) is 13.4 Å². The first-order valence-corrected chi connectivity index (χ1v) is 12.8. The Balaban J connectivity index is 1.81. The summed E-state index contributed by atoms with van der Waals surface area (Å²) in [6.45, 7) is 7.17. The van der Waals surface area contributed by atoms with Crippen LogP contribution < -0.4 is 10.7 Å². The van der Waals surface area contributed by atoms with Crippen LogP contribution in [0.1, 0.15) is 29.3 Å². The first-order valence-electron chi connectivity index (χ1n) is 11.3. The smallest absolute Gasteiger partial charge is 0.244 e. The van der Waals surface area contributed by atoms with Crippen molar-refractivity contribution in [2.45, 2.75) is 50.5 Å². The van der Waals surface area contributed by atoms with Gasteiger partial charge in [0.05, 0.1) is 10.3 Å². The number of hydrogen-bond acceptors (Lipinski definition) is 5. The van der Waals surface area contributed by atoms with Crippen LogP contribution in [-0.2, 0) is 27.6 Å². The summed E-state index contributed by atoms with van der Waals surface area (Å²) in [7, 11) is -4.14. The molecule has 2 aromatic heterocycles. The van der Waals surface area contributed by atoms with Crippen LogP contribution in [0.3, 0.4) is 0 Å². The number of fused-ring (bicyclic) bond motifs is 1. The van der Waals surface area contributed by atoms with Gasteiger partial charge < -0.3 is 9.88 Å². The number of amides is 1. The second kappa shape index (κ2) is 9.46. The number of nitrogens with zero attached hydrogens (tertiary/aromatic N) is 2. The van der Waals surface area contributed by atoms with E-state index < -0.39 is 15.3 Å². The fourth-order valence-electron chi connectivity index (χ4n) is 4.04. The molecule has 2 aromatic carbocycles. The molecule has 1 N–H and O–H groups in total. The van der Waals surface area contributed by atoms with Gasteiger partial charge in [-0.05, 0) is 68.7 Å². The predicted molar refractivity (Wildman–Crippen MR) is 137 cm³/mol. The van der Waals surface area contributed by atoms with Crippen molar-refractivity contribution < 1.29 is 13.2 Å². The van der Waals surface area contributed by atoms with E-state index in [-0.39, 0.29) is 33.3 Å². The Morgan fingerprint density at radius 3 is 2.34 bits per heavy atom. The van der Waals surface area contributed by atoms with E-state index in [0.717, 1.165) is 17.5 Å². The van der Waals surface area contributed by atoms with Crippen LogP contribution >= 0.6 is 0 Å². The number of carbonyl (C=O) groups excluding carboxylic acids is 1. The number of sulfone groups is 1. The Morgan fingerprint density at radius 1 is 0.971 bits per heavy atom. The number of aromatic nitrogens is 2. The zero-order valence-electron chi connectivity index (χ0n) is 20.1. The third-order valence-corrected chi connectivity index (χ3v) is 7.80. The molecule has 8 heteroatoms. The first-order chi connectivity index (χ1) is 16.6. The van der Waals surface area contributed by atoms with Crippen LogP contribution in [0.4, 0.5) is 5.69 Å². The maximum absolute atomic E-state index is 13.6. The summed E-state index contributed by atoms with van der Waals surface area (Å²) in [6.07, 6.45) is 2.12. The Morgan fingerprint density at radius 2 is 1.69 bits per heavy atom. The van der Waals surface area contributed by atoms with E-state index in [9.17, 15) is 18.0 Å². The molecule has 0 spiro atoms. The number of pyridine rings is 2. The number of nitrogens with one attached hydrogen (secondary N) is 1. The lowest BCUT2D eigenvalue weighted by atomic mass is 10.1. The molecule has 0 bridgehead atoms. The second-order valence-corrected chi connectivity index (χ2v) is 10.5. The second-order valence-electron chi connectivity index (χ2n) is 8.65. The van der Waals surface area contributed by atoms with Crippen molar-refractivity contribution in [1.29, 1.82) is 0 Å². The Bertz CT molecular complexity index is 1600. The van der Waals surface area contributed by atoms with E-state index >= 15 is 0 Å². The van der Waals surface area contributed by atoms with Crippen molar-refractivity contribution in [3.63, 3.8) is 0 Å². The average Bonchev–Trinajstić information content (AvgIpc) is 2.81. The van der Waals surface area contributed by atoms with Crippen LogP contribution in [0.2, 0.25) is 0 Å². The normalized spacial score (nSPS) is 11.5. The minimum Gasteiger partial charge on any atom is -0.325 e. The van der Waals surface area contributed by atoms with Gasteiger partial charge in [0.15, 0.2) is 0 Å². The molecule has 0 atom stereocenters. The number of carbonyl (C=O) groups is 1. The molecule has 0 saturated carbocycles. The molecule has 180 valence electrons. The highest BCUT2D eigenvalue weighted by atomic mass is 32.2. The zero-order chi connectivity index (χ0) is 25.3. The number of hydrogen-bond donors (Lipinski definition) is 1. The summed E-state index contributed by atoms with van der Waals surface area (Å²) in [5.74, 6) is -0.364. The highest BCUT2D eigenvalue weighted by Crippen LogP contribution is 2.24. The van der Waals surface area contributed by atoms with Crippen molar-refractivity contribution in [2.75, 3.05) is 5.32 Å². The molecular formula is C27H27N3O4S. The highest BCUT2D eigenvalue weighted by molar-refractivity contribution is 7.91. The molecule has 35 heavy (non-hydrogen) atoms. The Labute approximate surface area is 204 Å². The molecule has 4 aromatic rings. The van der Waals surface area contributed by atoms with Gasteiger partial charge in [-0.1, -0.05) is 36.8 Å². The maximum Gasteiger partial charge on any atom is 0.244 e. The number of anilines is 1. The predicted octanol–water partition coefficient (Wildman–Crippen LogP) is 4.36. The summed E-state index contributed by atoms with van der Waals surface area (Å²) < 4.78 is 28.5. The Hall–Kier alpha value is -3.78. The molecule has 1 amide bonds. The van der Waals surface area contributed by atoms with Gasteiger partial charge in [0.2, 0.25) is 21.2 Å². The van der Waals surface area contributed by atoms with E-state index in [4.69, 9.17) is 0 Å². The van der Waals surface area contributed by atoms with Crippen molar-refractivity contribution >= 4 is 32.5 Å². The zero-order valence-corrected chi connectivity index (χ0v) is 20.9. The van der Waals surface area contributed by atoms with Gasteiger partial charge in [-0.3, -0.25) is 9.59 Å². The van der Waals surface area contributed by atoms with E-state index in [1.54, 1.807) is 38.1 Å². The van der Waals surface area contributed by atoms with Crippen molar-refractivity contribution in [2.24, 2.45) is 0 Å². The number of rotatable bonds is 6. The monoisotopic (exact) mass is 489 g/mol. The van der Waals surface area contributed by atoms with Crippen molar-refractivity contribution in [1.82, 2.24) is 9.55 Å². The van der Waals surface area contributed by atoms with Gasteiger partial charge in [0, 0.05) is 17.6 Å². The quantitative estimate of drug-likeness (QED) is 0.434. The molecule has 2 heterocycles. The van der Waals surface area contributed by atoms with Gasteiger partial charge in [0.25, 0.3) is 0 Å². The van der Waals surface area contributed by atoms with Crippen LogP contribution in [-0.4, -0.2) is 23.9 Å². The van der Waals surface area contributed by atoms with Gasteiger partial charge in [0.1, 0.15) is 17.1 Å². The third kappa shape index (κ3) is 4.88. The molecule has 4 rings (SSSR count). The summed E-state index contributed by atoms with van der Waals surface area (Å²) in [5.41, 5.74) is 3.50. The summed E-state index contributed by atoms with van der Waals surface area (Å²) >= 11 is 0. The molecule has 0 unspecified atom stereocenters. The maximum atomic E-state index is 13.6. The summed E-state index contributed by atoms with van der Waals surface area (Å²) in [4.78, 5) is 30.3. The topological polar surface area (TPSA) is 98.1 Å². The molecular weight excluding hydrogens is 462 g/mol. The number of benzene rings is 2. The molecule has 0 fully saturated rings. The van der Waals surface area contributed by atoms with Gasteiger partial charge in [-0.2, -0.15) is 0 Å². The van der Waals surface area contributed by atoms with Crippen LogP contribution in [0.25, 0.3) is 11.0 Å². The molecule has 0 aliphatic heterocycles. The molecule has 0 radical (unpaired) electrons. The molecule has 0 saturated heterocycles. The average molecular weight is 490 g/mol. The fraction of sp³-hybridized carbons (Fsp3) is 0.222. The summed E-state index contributed by atoms with van der Waals surface area (Å²) in [5, 5.41) is 2.97. The lowest BCUT2D eigenvalue weighted by Gasteiger charge is -2.15. The largest absolute Gasteiger partial charge is 0.325 e. The first kappa shape index (κ1) is 24.3. The molecule has 0 aliphatic rings. The van der Waals surface area contributed by atoms with E-state index in [1.165, 1.54) is 16.8 Å². The van der Waals surface area contributed by atoms with E-state index in [0.29, 0.717) is 16.9 Å². The third-order valence-electron chi connectivity index (χ3n) is 5.90. The highest BCUT2D eigenvalue weighted by Gasteiger charge is 2.26. The fourth-order valence-corrected chi connectivity index (χ4v) is 5.63. The minimum atomic E-state index is -4.14. The number of aryl methyl sites for hydroxylation is 4. The van der Waals surface area contributed by atoms with Crippen LogP contribution in [0, 0.1) is 20.8 Å². The van der Waals surface area contributed by atoms with Crippen molar-refractivity contribution in [3.8, 4) is 0 Å². The van der Waals surface area contributed by atoms with Crippen molar-refractivity contribution in [3.05, 3.63) is 93.4 Å². The van der Waals surface area contributed by atoms with Gasteiger partial charge >= 0.3 is 0 Å². The van der Waals surface area contributed by atoms with E-state index in [2.05, 4.69) is 10.3 Å². The van der Waals surface area contributed by atoms with Crippen LogP contribution in [0.5, 0.6) is 0 Å². The van der Waals surface area contributed by atoms with Crippen LogP contribution in [0.15, 0.2) is 75.4 Å². The van der Waals surface area contributed by atoms with Gasteiger partial charge in [-0.15, -0.1) is 0 Å². The molecule has 0 aliphatic carbocycles. The standard InChI is InChI=1S/C27H27N3O4S/c1-5-20-8-10-21(11-9-20)29-25(31)16-30-15-24(26(32)22-12-7-19(4)28-27(22)30)35(33,34)23-13-6-17(2)14-18(23)3/h6-15H,5,16H2,1-4H3,(H,29,31). The summed E-state index contributed by atoms with van der Waals surface area (Å²) in [6, 6.07) is 15.7. The Kier molecular flexibility index (Phi) is 6.58. The van der Waals surface area contributed by atoms with E-state index in [1.807, 2.05) is 38.1 Å². The lowest BCUT2D eigenvalue weighted by Crippen LogP contribution is -2.24. The SMILES string of the molecule is CCc1ccc(NC(=O)Cn2cc(S(=O)(=O)c3ccc(C)cc3C)c(=O)c3ccc(C)nc32)cc1.